The SMILES string of the molecule is Cl.O=C(NC1CNCCC1c1ccc(F)c(F)c1)c1ccon1. The Morgan fingerprint density at radius 1 is 1.30 bits per heavy atom. The molecule has 2 atom stereocenters. The highest BCUT2D eigenvalue weighted by molar-refractivity contribution is 5.92. The minimum absolute atomic E-state index is 0. The predicted molar refractivity (Wildman–Crippen MR) is 81.6 cm³/mol. The first-order valence-electron chi connectivity index (χ1n) is 7.02. The lowest BCUT2D eigenvalue weighted by Crippen LogP contribution is -2.50. The molecule has 2 aromatic rings. The highest BCUT2D eigenvalue weighted by atomic mass is 35.5. The molecule has 23 heavy (non-hydrogen) atoms. The Balaban J connectivity index is 0.00000192. The third-order valence-electron chi connectivity index (χ3n) is 3.84. The Morgan fingerprint density at radius 3 is 2.83 bits per heavy atom. The number of carbonyl (C=O) groups excluding carboxylic acids is 1. The van der Waals surface area contributed by atoms with Crippen LogP contribution in [0.4, 0.5) is 8.78 Å². The van der Waals surface area contributed by atoms with E-state index in [2.05, 4.69) is 20.3 Å². The molecule has 1 aliphatic rings. The van der Waals surface area contributed by atoms with Gasteiger partial charge < -0.3 is 15.2 Å². The first-order chi connectivity index (χ1) is 10.6. The highest BCUT2D eigenvalue weighted by Gasteiger charge is 2.29. The summed E-state index contributed by atoms with van der Waals surface area (Å²) in [6.45, 7) is 1.30. The number of hydrogen-bond donors (Lipinski definition) is 2. The Morgan fingerprint density at radius 2 is 2.13 bits per heavy atom. The molecule has 0 spiro atoms. The summed E-state index contributed by atoms with van der Waals surface area (Å²) in [5.41, 5.74) is 0.862. The summed E-state index contributed by atoms with van der Waals surface area (Å²) >= 11 is 0. The van der Waals surface area contributed by atoms with E-state index in [1.54, 1.807) is 6.07 Å². The van der Waals surface area contributed by atoms with E-state index < -0.39 is 11.6 Å². The van der Waals surface area contributed by atoms with E-state index in [4.69, 9.17) is 0 Å². The van der Waals surface area contributed by atoms with Crippen LogP contribution in [0.25, 0.3) is 0 Å². The fourth-order valence-corrected chi connectivity index (χ4v) is 2.72. The normalized spacial score (nSPS) is 20.6. The molecule has 2 unspecified atom stereocenters. The molecule has 2 heterocycles. The second-order valence-electron chi connectivity index (χ2n) is 5.24. The molecule has 1 aliphatic heterocycles. The molecule has 3 rings (SSSR count). The number of rotatable bonds is 3. The minimum Gasteiger partial charge on any atom is -0.364 e. The van der Waals surface area contributed by atoms with Crippen LogP contribution < -0.4 is 10.6 Å². The van der Waals surface area contributed by atoms with Crippen LogP contribution in [0.5, 0.6) is 0 Å². The first kappa shape index (κ1) is 17.4. The van der Waals surface area contributed by atoms with Crippen molar-refractivity contribution in [2.75, 3.05) is 13.1 Å². The van der Waals surface area contributed by atoms with Gasteiger partial charge in [0.2, 0.25) is 0 Å². The zero-order chi connectivity index (χ0) is 15.5. The largest absolute Gasteiger partial charge is 0.364 e. The van der Waals surface area contributed by atoms with E-state index in [9.17, 15) is 13.6 Å². The molecular formula is C15H16ClF2N3O2. The van der Waals surface area contributed by atoms with Crippen LogP contribution >= 0.6 is 12.4 Å². The van der Waals surface area contributed by atoms with E-state index in [1.165, 1.54) is 18.4 Å². The number of amides is 1. The van der Waals surface area contributed by atoms with Crippen LogP contribution in [0.3, 0.4) is 0 Å². The van der Waals surface area contributed by atoms with Gasteiger partial charge in [-0.25, -0.2) is 8.78 Å². The third-order valence-corrected chi connectivity index (χ3v) is 3.84. The molecule has 0 bridgehead atoms. The average molecular weight is 344 g/mol. The van der Waals surface area contributed by atoms with Crippen LogP contribution in [-0.2, 0) is 0 Å². The van der Waals surface area contributed by atoms with E-state index in [-0.39, 0.29) is 36.0 Å². The molecule has 2 N–H and O–H groups in total. The molecule has 1 saturated heterocycles. The molecule has 0 aliphatic carbocycles. The zero-order valence-corrected chi connectivity index (χ0v) is 12.9. The molecule has 1 aromatic carbocycles. The van der Waals surface area contributed by atoms with Crippen LogP contribution in [-0.4, -0.2) is 30.2 Å². The quantitative estimate of drug-likeness (QED) is 0.897. The van der Waals surface area contributed by atoms with Crippen LogP contribution in [0.15, 0.2) is 35.1 Å². The van der Waals surface area contributed by atoms with Crippen LogP contribution in [0, 0.1) is 11.6 Å². The van der Waals surface area contributed by atoms with Crippen LogP contribution in [0.2, 0.25) is 0 Å². The van der Waals surface area contributed by atoms with E-state index in [0.717, 1.165) is 19.0 Å². The number of nitrogens with one attached hydrogen (secondary N) is 2. The molecule has 0 radical (unpaired) electrons. The predicted octanol–water partition coefficient (Wildman–Crippen LogP) is 2.25. The lowest BCUT2D eigenvalue weighted by molar-refractivity contribution is 0.0915. The second kappa shape index (κ2) is 7.52. The van der Waals surface area contributed by atoms with Gasteiger partial charge in [-0.15, -0.1) is 12.4 Å². The first-order valence-corrected chi connectivity index (χ1v) is 7.02. The Bertz CT molecular complexity index is 667. The lowest BCUT2D eigenvalue weighted by Gasteiger charge is -2.33. The molecular weight excluding hydrogens is 328 g/mol. The van der Waals surface area contributed by atoms with Gasteiger partial charge in [0.05, 0.1) is 0 Å². The molecule has 1 fully saturated rings. The van der Waals surface area contributed by atoms with Crippen molar-refractivity contribution in [3.63, 3.8) is 0 Å². The van der Waals surface area contributed by atoms with Gasteiger partial charge in [0.25, 0.3) is 5.91 Å². The zero-order valence-electron chi connectivity index (χ0n) is 12.1. The van der Waals surface area contributed by atoms with Crippen molar-refractivity contribution in [2.24, 2.45) is 0 Å². The van der Waals surface area contributed by atoms with Gasteiger partial charge >= 0.3 is 0 Å². The summed E-state index contributed by atoms with van der Waals surface area (Å²) < 4.78 is 31.2. The summed E-state index contributed by atoms with van der Waals surface area (Å²) in [6.07, 6.45) is 2.04. The monoisotopic (exact) mass is 343 g/mol. The van der Waals surface area contributed by atoms with Crippen molar-refractivity contribution < 1.29 is 18.1 Å². The molecule has 8 heteroatoms. The van der Waals surface area contributed by atoms with Gasteiger partial charge in [-0.2, -0.15) is 0 Å². The fourth-order valence-electron chi connectivity index (χ4n) is 2.72. The van der Waals surface area contributed by atoms with E-state index in [0.29, 0.717) is 12.1 Å². The van der Waals surface area contributed by atoms with Crippen molar-refractivity contribution in [2.45, 2.75) is 18.4 Å². The molecule has 0 saturated carbocycles. The van der Waals surface area contributed by atoms with Gasteiger partial charge in [-0.3, -0.25) is 4.79 Å². The van der Waals surface area contributed by atoms with E-state index >= 15 is 0 Å². The summed E-state index contributed by atoms with van der Waals surface area (Å²) in [4.78, 5) is 12.1. The van der Waals surface area contributed by atoms with Crippen molar-refractivity contribution in [1.29, 1.82) is 0 Å². The van der Waals surface area contributed by atoms with Gasteiger partial charge in [-0.05, 0) is 30.7 Å². The lowest BCUT2D eigenvalue weighted by atomic mass is 9.86. The van der Waals surface area contributed by atoms with E-state index in [1.807, 2.05) is 0 Å². The molecule has 124 valence electrons. The summed E-state index contributed by atoms with van der Waals surface area (Å²) in [5.74, 6) is -2.19. The number of hydrogen-bond acceptors (Lipinski definition) is 4. The minimum atomic E-state index is -0.877. The third kappa shape index (κ3) is 3.86. The average Bonchev–Trinajstić information content (AvgIpc) is 3.05. The Kier molecular flexibility index (Phi) is 5.68. The second-order valence-corrected chi connectivity index (χ2v) is 5.24. The van der Waals surface area contributed by atoms with Crippen molar-refractivity contribution in [1.82, 2.24) is 15.8 Å². The number of nitrogens with zero attached hydrogens (tertiary/aromatic N) is 1. The summed E-state index contributed by atoms with van der Waals surface area (Å²) in [6, 6.07) is 5.11. The van der Waals surface area contributed by atoms with Gasteiger partial charge in [-0.1, -0.05) is 11.2 Å². The van der Waals surface area contributed by atoms with Gasteiger partial charge in [0.1, 0.15) is 6.26 Å². The van der Waals surface area contributed by atoms with Crippen molar-refractivity contribution >= 4 is 18.3 Å². The van der Waals surface area contributed by atoms with Crippen molar-refractivity contribution in [3.05, 3.63) is 53.4 Å². The van der Waals surface area contributed by atoms with Gasteiger partial charge in [0.15, 0.2) is 17.3 Å². The number of halogens is 3. The maximum atomic E-state index is 13.4. The van der Waals surface area contributed by atoms with Crippen LogP contribution in [0.1, 0.15) is 28.4 Å². The Labute approximate surface area is 137 Å². The summed E-state index contributed by atoms with van der Waals surface area (Å²) in [7, 11) is 0. The topological polar surface area (TPSA) is 67.2 Å². The van der Waals surface area contributed by atoms with Crippen molar-refractivity contribution in [3.8, 4) is 0 Å². The number of piperidine rings is 1. The summed E-state index contributed by atoms with van der Waals surface area (Å²) in [5, 5.41) is 9.64. The number of benzene rings is 1. The maximum absolute atomic E-state index is 13.4. The number of aromatic nitrogens is 1. The number of carbonyl (C=O) groups is 1. The smallest absolute Gasteiger partial charge is 0.273 e. The molecule has 1 amide bonds. The fraction of sp³-hybridized carbons (Fsp3) is 0.333. The Hall–Kier alpha value is -1.99. The maximum Gasteiger partial charge on any atom is 0.273 e. The molecule has 1 aromatic heterocycles. The standard InChI is InChI=1S/C15H15F2N3O2.ClH/c16-11-2-1-9(7-12(11)17)10-3-5-18-8-14(10)19-15(21)13-4-6-22-20-13;/h1-2,4,6-7,10,14,18H,3,5,8H2,(H,19,21);1H. The highest BCUT2D eigenvalue weighted by Crippen LogP contribution is 2.27. The molecule has 5 nitrogen and oxygen atoms in total. The van der Waals surface area contributed by atoms with Gasteiger partial charge in [0, 0.05) is 24.6 Å².